The van der Waals surface area contributed by atoms with E-state index in [4.69, 9.17) is 0 Å². The fraction of sp³-hybridized carbons (Fsp3) is 0.368. The molecule has 0 N–H and O–H groups in total. The highest BCUT2D eigenvalue weighted by molar-refractivity contribution is 5.50. The minimum atomic E-state index is 0.407. The number of hydrogen-bond acceptors (Lipinski definition) is 1. The Morgan fingerprint density at radius 3 is 2.40 bits per heavy atom. The van der Waals surface area contributed by atoms with Crippen molar-refractivity contribution in [2.75, 3.05) is 11.4 Å². The van der Waals surface area contributed by atoms with E-state index in [-0.39, 0.29) is 0 Å². The van der Waals surface area contributed by atoms with Crippen molar-refractivity contribution in [3.8, 4) is 0 Å². The lowest BCUT2D eigenvalue weighted by atomic mass is 10.0. The minimum absolute atomic E-state index is 0.407. The molecule has 0 saturated carbocycles. The van der Waals surface area contributed by atoms with Crippen molar-refractivity contribution in [2.24, 2.45) is 0 Å². The lowest BCUT2D eigenvalue weighted by Crippen LogP contribution is -2.27. The van der Waals surface area contributed by atoms with Crippen LogP contribution in [-0.2, 0) is 0 Å². The Morgan fingerprint density at radius 2 is 1.75 bits per heavy atom. The van der Waals surface area contributed by atoms with Crippen LogP contribution in [0.2, 0.25) is 0 Å². The van der Waals surface area contributed by atoms with E-state index in [0.717, 1.165) is 6.54 Å². The Balaban J connectivity index is 2.27. The molecule has 1 atom stereocenters. The summed E-state index contributed by atoms with van der Waals surface area (Å²) >= 11 is 0. The Bertz CT molecular complexity index is 518. The van der Waals surface area contributed by atoms with Gasteiger partial charge in [0.05, 0.1) is 6.04 Å². The van der Waals surface area contributed by atoms with Gasteiger partial charge < -0.3 is 4.90 Å². The van der Waals surface area contributed by atoms with Crippen LogP contribution in [0.5, 0.6) is 0 Å². The van der Waals surface area contributed by atoms with Gasteiger partial charge in [0, 0.05) is 12.2 Å². The van der Waals surface area contributed by atoms with Crippen LogP contribution < -0.4 is 4.90 Å². The molecule has 0 aromatic heterocycles. The summed E-state index contributed by atoms with van der Waals surface area (Å²) in [6, 6.07) is 20.0. The van der Waals surface area contributed by atoms with Crippen molar-refractivity contribution in [3.05, 3.63) is 65.7 Å². The van der Waals surface area contributed by atoms with Crippen LogP contribution in [0.3, 0.4) is 0 Å². The Kier molecular flexibility index (Phi) is 5.23. The van der Waals surface area contributed by atoms with Gasteiger partial charge in [-0.25, -0.2) is 0 Å². The van der Waals surface area contributed by atoms with Crippen LogP contribution in [0, 0.1) is 6.92 Å². The zero-order chi connectivity index (χ0) is 14.4. The third-order valence-electron chi connectivity index (χ3n) is 3.84. The smallest absolute Gasteiger partial charge is 0.0514 e. The molecule has 0 radical (unpaired) electrons. The standard InChI is InChI=1S/C19H25N/c1-4-5-14-20(19-13-9-10-16(2)15-19)17(3)18-11-7-6-8-12-18/h6-13,15,17H,4-5,14H2,1-3H3. The SMILES string of the molecule is CCCCN(c1cccc(C)c1)C(C)c1ccccc1. The van der Waals surface area contributed by atoms with Crippen molar-refractivity contribution in [1.29, 1.82) is 0 Å². The van der Waals surface area contributed by atoms with Crippen molar-refractivity contribution in [3.63, 3.8) is 0 Å². The van der Waals surface area contributed by atoms with E-state index in [9.17, 15) is 0 Å². The van der Waals surface area contributed by atoms with Gasteiger partial charge in [0.15, 0.2) is 0 Å². The van der Waals surface area contributed by atoms with Gasteiger partial charge in [-0.05, 0) is 43.5 Å². The van der Waals surface area contributed by atoms with Gasteiger partial charge in [-0.2, -0.15) is 0 Å². The first kappa shape index (κ1) is 14.6. The quantitative estimate of drug-likeness (QED) is 0.680. The van der Waals surface area contributed by atoms with Gasteiger partial charge in [0.2, 0.25) is 0 Å². The molecule has 0 fully saturated rings. The summed E-state index contributed by atoms with van der Waals surface area (Å²) in [7, 11) is 0. The monoisotopic (exact) mass is 267 g/mol. The molecule has 1 nitrogen and oxygen atoms in total. The number of benzene rings is 2. The van der Waals surface area contributed by atoms with Gasteiger partial charge >= 0.3 is 0 Å². The Morgan fingerprint density at radius 1 is 1.00 bits per heavy atom. The molecule has 106 valence electrons. The summed E-state index contributed by atoms with van der Waals surface area (Å²) in [5, 5.41) is 0. The van der Waals surface area contributed by atoms with Crippen LogP contribution in [-0.4, -0.2) is 6.54 Å². The lowest BCUT2D eigenvalue weighted by molar-refractivity contribution is 0.636. The second-order valence-electron chi connectivity index (χ2n) is 5.47. The Labute approximate surface area is 123 Å². The number of aryl methyl sites for hydroxylation is 1. The van der Waals surface area contributed by atoms with Gasteiger partial charge in [0.25, 0.3) is 0 Å². The molecule has 0 amide bonds. The summed E-state index contributed by atoms with van der Waals surface area (Å²) in [4.78, 5) is 2.52. The van der Waals surface area contributed by atoms with Crippen LogP contribution in [0.4, 0.5) is 5.69 Å². The second-order valence-corrected chi connectivity index (χ2v) is 5.47. The van der Waals surface area contributed by atoms with Crippen LogP contribution in [0.15, 0.2) is 54.6 Å². The third-order valence-corrected chi connectivity index (χ3v) is 3.84. The van der Waals surface area contributed by atoms with Gasteiger partial charge in [-0.1, -0.05) is 55.8 Å². The first-order chi connectivity index (χ1) is 9.72. The average molecular weight is 267 g/mol. The number of hydrogen-bond donors (Lipinski definition) is 0. The number of anilines is 1. The summed E-state index contributed by atoms with van der Waals surface area (Å²) in [6.45, 7) is 7.82. The summed E-state index contributed by atoms with van der Waals surface area (Å²) in [6.07, 6.45) is 2.45. The molecule has 0 bridgehead atoms. The van der Waals surface area contributed by atoms with Crippen molar-refractivity contribution < 1.29 is 0 Å². The first-order valence-electron chi connectivity index (χ1n) is 7.60. The van der Waals surface area contributed by atoms with Crippen molar-refractivity contribution >= 4 is 5.69 Å². The number of nitrogens with zero attached hydrogens (tertiary/aromatic N) is 1. The largest absolute Gasteiger partial charge is 0.365 e. The van der Waals surface area contributed by atoms with Crippen molar-refractivity contribution in [2.45, 2.75) is 39.7 Å². The maximum atomic E-state index is 2.52. The molecule has 1 heteroatoms. The van der Waals surface area contributed by atoms with Crippen molar-refractivity contribution in [1.82, 2.24) is 0 Å². The van der Waals surface area contributed by atoms with E-state index in [0.29, 0.717) is 6.04 Å². The van der Waals surface area contributed by atoms with E-state index in [1.807, 2.05) is 0 Å². The number of rotatable bonds is 6. The normalized spacial score (nSPS) is 12.2. The van der Waals surface area contributed by atoms with E-state index in [1.54, 1.807) is 0 Å². The van der Waals surface area contributed by atoms with Crippen LogP contribution in [0.1, 0.15) is 43.9 Å². The van der Waals surface area contributed by atoms with E-state index >= 15 is 0 Å². The predicted octanol–water partition coefficient (Wildman–Crippen LogP) is 5.36. The Hall–Kier alpha value is -1.76. The minimum Gasteiger partial charge on any atom is -0.365 e. The van der Waals surface area contributed by atoms with Gasteiger partial charge in [-0.15, -0.1) is 0 Å². The molecule has 0 aliphatic rings. The van der Waals surface area contributed by atoms with Crippen LogP contribution >= 0.6 is 0 Å². The molecule has 2 aromatic rings. The third kappa shape index (κ3) is 3.63. The van der Waals surface area contributed by atoms with Gasteiger partial charge in [-0.3, -0.25) is 0 Å². The highest BCUT2D eigenvalue weighted by Gasteiger charge is 2.15. The lowest BCUT2D eigenvalue weighted by Gasteiger charge is -2.32. The fourth-order valence-corrected chi connectivity index (χ4v) is 2.59. The van der Waals surface area contributed by atoms with Gasteiger partial charge in [0.1, 0.15) is 0 Å². The average Bonchev–Trinajstić information content (AvgIpc) is 2.48. The molecule has 0 heterocycles. The molecular weight excluding hydrogens is 242 g/mol. The molecule has 2 aromatic carbocycles. The second kappa shape index (κ2) is 7.14. The highest BCUT2D eigenvalue weighted by atomic mass is 15.2. The maximum absolute atomic E-state index is 2.52. The molecule has 2 rings (SSSR count). The molecule has 0 spiro atoms. The maximum Gasteiger partial charge on any atom is 0.0514 e. The number of unbranched alkanes of at least 4 members (excludes halogenated alkanes) is 1. The molecule has 0 aliphatic carbocycles. The van der Waals surface area contributed by atoms with Crippen LogP contribution in [0.25, 0.3) is 0 Å². The first-order valence-corrected chi connectivity index (χ1v) is 7.60. The molecule has 1 unspecified atom stereocenters. The fourth-order valence-electron chi connectivity index (χ4n) is 2.59. The van der Waals surface area contributed by atoms with E-state index < -0.39 is 0 Å². The zero-order valence-corrected chi connectivity index (χ0v) is 12.8. The zero-order valence-electron chi connectivity index (χ0n) is 12.8. The van der Waals surface area contributed by atoms with E-state index in [2.05, 4.69) is 80.3 Å². The molecular formula is C19H25N. The molecule has 0 saturated heterocycles. The highest BCUT2D eigenvalue weighted by Crippen LogP contribution is 2.27. The summed E-state index contributed by atoms with van der Waals surface area (Å²) < 4.78 is 0. The molecule has 20 heavy (non-hydrogen) atoms. The predicted molar refractivity (Wildman–Crippen MR) is 88.3 cm³/mol. The summed E-state index contributed by atoms with van der Waals surface area (Å²) in [5.74, 6) is 0. The summed E-state index contributed by atoms with van der Waals surface area (Å²) in [5.41, 5.74) is 4.03. The topological polar surface area (TPSA) is 3.24 Å². The van der Waals surface area contributed by atoms with E-state index in [1.165, 1.54) is 29.7 Å². The molecule has 0 aliphatic heterocycles.